The third kappa shape index (κ3) is 6.57. The van der Waals surface area contributed by atoms with Gasteiger partial charge in [0.05, 0.1) is 13.2 Å². The molecule has 0 aromatic heterocycles. The third-order valence-corrected chi connectivity index (χ3v) is 2.90. The summed E-state index contributed by atoms with van der Waals surface area (Å²) in [5.41, 5.74) is 0.707. The highest BCUT2D eigenvalue weighted by Crippen LogP contribution is 2.14. The quantitative estimate of drug-likeness (QED) is 0.772. The molecule has 0 spiro atoms. The van der Waals surface area contributed by atoms with E-state index in [1.807, 2.05) is 6.07 Å². The van der Waals surface area contributed by atoms with Gasteiger partial charge in [-0.2, -0.15) is 0 Å². The first-order chi connectivity index (χ1) is 9.15. The number of amides is 1. The van der Waals surface area contributed by atoms with Crippen LogP contribution in [-0.4, -0.2) is 32.2 Å². The average molecular weight is 285 g/mol. The van der Waals surface area contributed by atoms with Gasteiger partial charge < -0.3 is 15.4 Å². The molecule has 0 bridgehead atoms. The average Bonchev–Trinajstić information content (AvgIpc) is 2.36. The fourth-order valence-corrected chi connectivity index (χ4v) is 1.99. The standard InChI is InChI=1S/C14H21ClN2O2/c1-3-5-13(10-19-2)16-9-14(18)17-12-7-4-6-11(15)8-12/h4,6-8,13,16H,3,5,9-10H2,1-2H3,(H,17,18). The largest absolute Gasteiger partial charge is 0.383 e. The van der Waals surface area contributed by atoms with Crippen LogP contribution in [0.5, 0.6) is 0 Å². The SMILES string of the molecule is CCCC(COC)NCC(=O)Nc1cccc(Cl)c1. The molecule has 0 aliphatic carbocycles. The summed E-state index contributed by atoms with van der Waals surface area (Å²) in [5, 5.41) is 6.59. The van der Waals surface area contributed by atoms with Crippen molar-refractivity contribution < 1.29 is 9.53 Å². The zero-order valence-electron chi connectivity index (χ0n) is 11.4. The van der Waals surface area contributed by atoms with Gasteiger partial charge in [0, 0.05) is 23.9 Å². The highest BCUT2D eigenvalue weighted by Gasteiger charge is 2.09. The lowest BCUT2D eigenvalue weighted by Crippen LogP contribution is -2.38. The minimum Gasteiger partial charge on any atom is -0.383 e. The van der Waals surface area contributed by atoms with Gasteiger partial charge in [0.2, 0.25) is 5.91 Å². The summed E-state index contributed by atoms with van der Waals surface area (Å²) in [6.45, 7) is 2.98. The second kappa shape index (κ2) is 8.91. The molecule has 1 atom stereocenters. The second-order valence-electron chi connectivity index (χ2n) is 4.38. The number of ether oxygens (including phenoxy) is 1. The van der Waals surface area contributed by atoms with Crippen LogP contribution in [0.2, 0.25) is 5.02 Å². The van der Waals surface area contributed by atoms with Crippen LogP contribution in [0.25, 0.3) is 0 Å². The fraction of sp³-hybridized carbons (Fsp3) is 0.500. The van der Waals surface area contributed by atoms with E-state index in [0.717, 1.165) is 12.8 Å². The highest BCUT2D eigenvalue weighted by atomic mass is 35.5. The predicted octanol–water partition coefficient (Wildman–Crippen LogP) is 2.68. The lowest BCUT2D eigenvalue weighted by Gasteiger charge is -2.16. The Labute approximate surface area is 119 Å². The van der Waals surface area contributed by atoms with Crippen molar-refractivity contribution in [1.82, 2.24) is 5.32 Å². The monoisotopic (exact) mass is 284 g/mol. The molecule has 5 heteroatoms. The van der Waals surface area contributed by atoms with Crippen LogP contribution >= 0.6 is 11.6 Å². The normalized spacial score (nSPS) is 12.2. The maximum atomic E-state index is 11.8. The molecule has 4 nitrogen and oxygen atoms in total. The number of carbonyl (C=O) groups excluding carboxylic acids is 1. The van der Waals surface area contributed by atoms with E-state index in [1.54, 1.807) is 25.3 Å². The van der Waals surface area contributed by atoms with E-state index in [2.05, 4.69) is 17.6 Å². The molecule has 0 heterocycles. The van der Waals surface area contributed by atoms with Gasteiger partial charge in [-0.1, -0.05) is 31.0 Å². The number of hydrogen-bond donors (Lipinski definition) is 2. The fourth-order valence-electron chi connectivity index (χ4n) is 1.80. The van der Waals surface area contributed by atoms with E-state index in [1.165, 1.54) is 0 Å². The Bertz CT molecular complexity index is 393. The van der Waals surface area contributed by atoms with Gasteiger partial charge in [-0.15, -0.1) is 0 Å². The number of hydrogen-bond acceptors (Lipinski definition) is 3. The second-order valence-corrected chi connectivity index (χ2v) is 4.82. The van der Waals surface area contributed by atoms with Crippen LogP contribution in [-0.2, 0) is 9.53 Å². The van der Waals surface area contributed by atoms with Crippen molar-refractivity contribution in [1.29, 1.82) is 0 Å². The lowest BCUT2D eigenvalue weighted by atomic mass is 10.2. The van der Waals surface area contributed by atoms with Crippen molar-refractivity contribution in [3.8, 4) is 0 Å². The van der Waals surface area contributed by atoms with Crippen molar-refractivity contribution in [2.45, 2.75) is 25.8 Å². The summed E-state index contributed by atoms with van der Waals surface area (Å²) >= 11 is 5.85. The molecular formula is C14H21ClN2O2. The Morgan fingerprint density at radius 3 is 2.89 bits per heavy atom. The summed E-state index contributed by atoms with van der Waals surface area (Å²) in [7, 11) is 1.66. The molecule has 1 aromatic carbocycles. The molecule has 1 amide bonds. The van der Waals surface area contributed by atoms with E-state index in [0.29, 0.717) is 17.3 Å². The Hall–Kier alpha value is -1.10. The minimum absolute atomic E-state index is 0.0838. The zero-order valence-corrected chi connectivity index (χ0v) is 12.2. The number of rotatable bonds is 8. The molecule has 0 saturated heterocycles. The molecule has 1 aromatic rings. The van der Waals surface area contributed by atoms with E-state index in [-0.39, 0.29) is 18.5 Å². The molecule has 0 saturated carbocycles. The van der Waals surface area contributed by atoms with Crippen LogP contribution in [0.4, 0.5) is 5.69 Å². The van der Waals surface area contributed by atoms with Crippen molar-refractivity contribution >= 4 is 23.2 Å². The maximum absolute atomic E-state index is 11.8. The first-order valence-corrected chi connectivity index (χ1v) is 6.81. The van der Waals surface area contributed by atoms with Crippen LogP contribution in [0, 0.1) is 0 Å². The van der Waals surface area contributed by atoms with Crippen molar-refractivity contribution in [2.24, 2.45) is 0 Å². The summed E-state index contributed by atoms with van der Waals surface area (Å²) in [6, 6.07) is 7.31. The van der Waals surface area contributed by atoms with E-state index >= 15 is 0 Å². The van der Waals surface area contributed by atoms with Crippen molar-refractivity contribution in [3.05, 3.63) is 29.3 Å². The smallest absolute Gasteiger partial charge is 0.238 e. The van der Waals surface area contributed by atoms with Gasteiger partial charge in [-0.3, -0.25) is 4.79 Å². The maximum Gasteiger partial charge on any atom is 0.238 e. The number of anilines is 1. The molecule has 1 unspecified atom stereocenters. The van der Waals surface area contributed by atoms with Crippen molar-refractivity contribution in [2.75, 3.05) is 25.6 Å². The molecule has 0 aliphatic rings. The van der Waals surface area contributed by atoms with Crippen LogP contribution in [0.15, 0.2) is 24.3 Å². The third-order valence-electron chi connectivity index (χ3n) is 2.66. The molecule has 0 fully saturated rings. The Morgan fingerprint density at radius 2 is 2.26 bits per heavy atom. The molecule has 2 N–H and O–H groups in total. The molecule has 19 heavy (non-hydrogen) atoms. The summed E-state index contributed by atoms with van der Waals surface area (Å²) in [6.07, 6.45) is 2.04. The van der Waals surface area contributed by atoms with Gasteiger partial charge in [0.1, 0.15) is 0 Å². The topological polar surface area (TPSA) is 50.4 Å². The van der Waals surface area contributed by atoms with E-state index < -0.39 is 0 Å². The first kappa shape index (κ1) is 16.0. The number of halogens is 1. The van der Waals surface area contributed by atoms with Gasteiger partial charge in [-0.25, -0.2) is 0 Å². The predicted molar refractivity (Wildman–Crippen MR) is 78.7 cm³/mol. The molecular weight excluding hydrogens is 264 g/mol. The summed E-state index contributed by atoms with van der Waals surface area (Å²) in [5.74, 6) is -0.0838. The first-order valence-electron chi connectivity index (χ1n) is 6.43. The summed E-state index contributed by atoms with van der Waals surface area (Å²) in [4.78, 5) is 11.8. The van der Waals surface area contributed by atoms with Crippen LogP contribution in [0.3, 0.4) is 0 Å². The number of carbonyl (C=O) groups is 1. The van der Waals surface area contributed by atoms with Gasteiger partial charge in [-0.05, 0) is 24.6 Å². The van der Waals surface area contributed by atoms with E-state index in [9.17, 15) is 4.79 Å². The summed E-state index contributed by atoms with van der Waals surface area (Å²) < 4.78 is 5.11. The zero-order chi connectivity index (χ0) is 14.1. The van der Waals surface area contributed by atoms with E-state index in [4.69, 9.17) is 16.3 Å². The molecule has 106 valence electrons. The molecule has 0 radical (unpaired) electrons. The molecule has 0 aliphatic heterocycles. The van der Waals surface area contributed by atoms with Crippen LogP contribution in [0.1, 0.15) is 19.8 Å². The minimum atomic E-state index is -0.0838. The van der Waals surface area contributed by atoms with Crippen molar-refractivity contribution in [3.63, 3.8) is 0 Å². The van der Waals surface area contributed by atoms with Crippen LogP contribution < -0.4 is 10.6 Å². The number of methoxy groups -OCH3 is 1. The Morgan fingerprint density at radius 1 is 1.47 bits per heavy atom. The van der Waals surface area contributed by atoms with Gasteiger partial charge in [0.15, 0.2) is 0 Å². The Balaban J connectivity index is 2.38. The van der Waals surface area contributed by atoms with Gasteiger partial charge in [0.25, 0.3) is 0 Å². The lowest BCUT2D eigenvalue weighted by molar-refractivity contribution is -0.115. The molecule has 1 rings (SSSR count). The number of benzene rings is 1. The Kier molecular flexibility index (Phi) is 7.48. The van der Waals surface area contributed by atoms with Gasteiger partial charge >= 0.3 is 0 Å². The number of nitrogens with one attached hydrogen (secondary N) is 2. The highest BCUT2D eigenvalue weighted by molar-refractivity contribution is 6.30.